The number of pyridine rings is 1. The summed E-state index contributed by atoms with van der Waals surface area (Å²) in [7, 11) is 1.72. The smallest absolute Gasteiger partial charge is 0.295 e. The van der Waals surface area contributed by atoms with E-state index in [-0.39, 0.29) is 27.8 Å². The van der Waals surface area contributed by atoms with E-state index >= 15 is 0 Å². The van der Waals surface area contributed by atoms with Gasteiger partial charge in [-0.05, 0) is 31.2 Å². The number of anilines is 2. The highest BCUT2D eigenvalue weighted by atomic mass is 19.2. The first-order valence-electron chi connectivity index (χ1n) is 8.43. The standard InChI is InChI=1S/C20H15F3N4O/c1-11-18(20(28)27(26(11)2)12-6-4-3-5-7-12)25-19-14-10-15(21)17(23)16(22)13(14)8-9-24-19/h3-10H,1-2H3,(H,24,25). The Labute approximate surface area is 157 Å². The minimum absolute atomic E-state index is 0.0350. The van der Waals surface area contributed by atoms with Crippen molar-refractivity contribution in [2.45, 2.75) is 6.92 Å². The minimum Gasteiger partial charge on any atom is -0.334 e. The van der Waals surface area contributed by atoms with Crippen LogP contribution in [-0.4, -0.2) is 14.3 Å². The van der Waals surface area contributed by atoms with Crippen LogP contribution in [0.25, 0.3) is 16.5 Å². The Hall–Kier alpha value is -3.55. The normalized spacial score (nSPS) is 11.2. The number of hydrogen-bond donors (Lipinski definition) is 1. The molecule has 4 aromatic rings. The van der Waals surface area contributed by atoms with E-state index in [2.05, 4.69) is 10.3 Å². The molecule has 0 bridgehead atoms. The van der Waals surface area contributed by atoms with E-state index in [0.717, 1.165) is 6.07 Å². The van der Waals surface area contributed by atoms with Crippen LogP contribution in [0, 0.1) is 24.4 Å². The molecular weight excluding hydrogens is 369 g/mol. The molecule has 8 heteroatoms. The maximum absolute atomic E-state index is 14.1. The number of para-hydroxylation sites is 1. The lowest BCUT2D eigenvalue weighted by Crippen LogP contribution is -2.20. The van der Waals surface area contributed by atoms with Crippen LogP contribution < -0.4 is 10.9 Å². The molecular formula is C20H15F3N4O. The summed E-state index contributed by atoms with van der Waals surface area (Å²) in [5, 5.41) is 2.77. The highest BCUT2D eigenvalue weighted by Gasteiger charge is 2.20. The average Bonchev–Trinajstić information content (AvgIpc) is 2.91. The Morgan fingerprint density at radius 3 is 2.43 bits per heavy atom. The summed E-state index contributed by atoms with van der Waals surface area (Å²) < 4.78 is 44.5. The van der Waals surface area contributed by atoms with Crippen LogP contribution >= 0.6 is 0 Å². The zero-order valence-electron chi connectivity index (χ0n) is 15.0. The average molecular weight is 384 g/mol. The molecule has 0 atom stereocenters. The van der Waals surface area contributed by atoms with E-state index in [9.17, 15) is 18.0 Å². The number of rotatable bonds is 3. The zero-order chi connectivity index (χ0) is 20.0. The van der Waals surface area contributed by atoms with Crippen molar-refractivity contribution < 1.29 is 13.2 Å². The quantitative estimate of drug-likeness (QED) is 0.539. The summed E-state index contributed by atoms with van der Waals surface area (Å²) in [5.74, 6) is -4.12. The SMILES string of the molecule is Cc1c(Nc2nccc3c(F)c(F)c(F)cc23)c(=O)n(-c2ccccc2)n1C. The fourth-order valence-corrected chi connectivity index (χ4v) is 3.15. The maximum Gasteiger partial charge on any atom is 0.295 e. The van der Waals surface area contributed by atoms with E-state index in [1.54, 1.807) is 30.8 Å². The van der Waals surface area contributed by atoms with Crippen molar-refractivity contribution in [2.24, 2.45) is 7.05 Å². The van der Waals surface area contributed by atoms with Gasteiger partial charge in [-0.25, -0.2) is 22.8 Å². The second-order valence-electron chi connectivity index (χ2n) is 6.30. The number of nitrogens with one attached hydrogen (secondary N) is 1. The molecule has 0 amide bonds. The van der Waals surface area contributed by atoms with Gasteiger partial charge in [-0.3, -0.25) is 9.48 Å². The van der Waals surface area contributed by atoms with Crippen molar-refractivity contribution in [2.75, 3.05) is 5.32 Å². The van der Waals surface area contributed by atoms with Crippen molar-refractivity contribution in [3.05, 3.63) is 82.2 Å². The molecule has 0 saturated heterocycles. The predicted molar refractivity (Wildman–Crippen MR) is 101 cm³/mol. The maximum atomic E-state index is 14.1. The second kappa shape index (κ2) is 6.56. The molecule has 5 nitrogen and oxygen atoms in total. The number of nitrogens with zero attached hydrogens (tertiary/aromatic N) is 3. The summed E-state index contributed by atoms with van der Waals surface area (Å²) in [4.78, 5) is 17.1. The topological polar surface area (TPSA) is 51.9 Å². The van der Waals surface area contributed by atoms with E-state index in [1.807, 2.05) is 18.2 Å². The lowest BCUT2D eigenvalue weighted by molar-refractivity contribution is 0.453. The van der Waals surface area contributed by atoms with Gasteiger partial charge in [0.1, 0.15) is 11.5 Å². The zero-order valence-corrected chi connectivity index (χ0v) is 15.0. The van der Waals surface area contributed by atoms with Crippen LogP contribution in [0.15, 0.2) is 53.5 Å². The first-order valence-corrected chi connectivity index (χ1v) is 8.43. The third kappa shape index (κ3) is 2.65. The van der Waals surface area contributed by atoms with Crippen molar-refractivity contribution in [3.8, 4) is 5.69 Å². The van der Waals surface area contributed by atoms with Crippen LogP contribution in [0.2, 0.25) is 0 Å². The summed E-state index contributed by atoms with van der Waals surface area (Å²) >= 11 is 0. The van der Waals surface area contributed by atoms with Crippen molar-refractivity contribution in [1.82, 2.24) is 14.3 Å². The molecule has 0 radical (unpaired) electrons. The van der Waals surface area contributed by atoms with Crippen molar-refractivity contribution in [3.63, 3.8) is 0 Å². The van der Waals surface area contributed by atoms with Gasteiger partial charge in [0.25, 0.3) is 5.56 Å². The van der Waals surface area contributed by atoms with Crippen LogP contribution in [0.4, 0.5) is 24.7 Å². The Balaban J connectivity index is 1.89. The first-order chi connectivity index (χ1) is 13.4. The van der Waals surface area contributed by atoms with E-state index < -0.39 is 17.5 Å². The van der Waals surface area contributed by atoms with Crippen LogP contribution in [0.5, 0.6) is 0 Å². The van der Waals surface area contributed by atoms with Gasteiger partial charge in [0.05, 0.1) is 11.4 Å². The van der Waals surface area contributed by atoms with Gasteiger partial charge in [-0.2, -0.15) is 0 Å². The highest BCUT2D eigenvalue weighted by Crippen LogP contribution is 2.29. The minimum atomic E-state index is -1.55. The van der Waals surface area contributed by atoms with E-state index in [0.29, 0.717) is 11.4 Å². The Morgan fingerprint density at radius 2 is 1.71 bits per heavy atom. The Kier molecular flexibility index (Phi) is 4.18. The summed E-state index contributed by atoms with van der Waals surface area (Å²) in [6, 6.07) is 11.1. The van der Waals surface area contributed by atoms with Gasteiger partial charge in [0.15, 0.2) is 17.5 Å². The monoisotopic (exact) mass is 384 g/mol. The fourth-order valence-electron chi connectivity index (χ4n) is 3.15. The molecule has 4 rings (SSSR count). The third-order valence-corrected chi connectivity index (χ3v) is 4.70. The summed E-state index contributed by atoms with van der Waals surface area (Å²) in [5.41, 5.74) is 1.11. The fraction of sp³-hybridized carbons (Fsp3) is 0.100. The van der Waals surface area contributed by atoms with Gasteiger partial charge >= 0.3 is 0 Å². The molecule has 2 heterocycles. The van der Waals surface area contributed by atoms with E-state index in [4.69, 9.17) is 0 Å². The van der Waals surface area contributed by atoms with Gasteiger partial charge < -0.3 is 5.32 Å². The molecule has 0 aliphatic rings. The molecule has 1 N–H and O–H groups in total. The molecule has 0 aliphatic carbocycles. The molecule has 2 aromatic carbocycles. The lowest BCUT2D eigenvalue weighted by atomic mass is 10.1. The van der Waals surface area contributed by atoms with Gasteiger partial charge in [0, 0.05) is 24.0 Å². The van der Waals surface area contributed by atoms with Crippen LogP contribution in [-0.2, 0) is 7.05 Å². The summed E-state index contributed by atoms with van der Waals surface area (Å²) in [6.07, 6.45) is 1.26. The summed E-state index contributed by atoms with van der Waals surface area (Å²) in [6.45, 7) is 1.73. The molecule has 142 valence electrons. The third-order valence-electron chi connectivity index (χ3n) is 4.70. The first kappa shape index (κ1) is 17.8. The Morgan fingerprint density at radius 1 is 1.00 bits per heavy atom. The number of fused-ring (bicyclic) bond motifs is 1. The van der Waals surface area contributed by atoms with Gasteiger partial charge in [0.2, 0.25) is 0 Å². The molecule has 2 aromatic heterocycles. The predicted octanol–water partition coefficient (Wildman–Crippen LogP) is 4.19. The van der Waals surface area contributed by atoms with Crippen LogP contribution in [0.3, 0.4) is 0 Å². The highest BCUT2D eigenvalue weighted by molar-refractivity contribution is 5.93. The van der Waals surface area contributed by atoms with Gasteiger partial charge in [-0.15, -0.1) is 0 Å². The largest absolute Gasteiger partial charge is 0.334 e. The molecule has 0 spiro atoms. The molecule has 0 unspecified atom stereocenters. The molecule has 0 aliphatic heterocycles. The number of benzene rings is 2. The molecule has 0 saturated carbocycles. The number of hydrogen-bond acceptors (Lipinski definition) is 3. The lowest BCUT2D eigenvalue weighted by Gasteiger charge is -2.09. The number of halogens is 3. The van der Waals surface area contributed by atoms with Crippen LogP contribution in [0.1, 0.15) is 5.69 Å². The Bertz CT molecular complexity index is 1260. The van der Waals surface area contributed by atoms with Crippen molar-refractivity contribution >= 4 is 22.3 Å². The van der Waals surface area contributed by atoms with Crippen molar-refractivity contribution in [1.29, 1.82) is 0 Å². The molecule has 0 fully saturated rings. The van der Waals surface area contributed by atoms with Gasteiger partial charge in [-0.1, -0.05) is 18.2 Å². The number of aromatic nitrogens is 3. The van der Waals surface area contributed by atoms with E-state index in [1.165, 1.54) is 16.9 Å². The molecule has 28 heavy (non-hydrogen) atoms. The second-order valence-corrected chi connectivity index (χ2v) is 6.30.